The van der Waals surface area contributed by atoms with Crippen molar-refractivity contribution < 1.29 is 9.41 Å². The molecule has 70 valence electrons. The van der Waals surface area contributed by atoms with Crippen LogP contribution in [-0.2, 0) is 0 Å². The molecule has 3 heteroatoms. The Balaban J connectivity index is -0.000000320. The van der Waals surface area contributed by atoms with Gasteiger partial charge in [-0.3, -0.25) is 9.41 Å². The first-order chi connectivity index (χ1) is 4.41. The Morgan fingerprint density at radius 3 is 1.73 bits per heavy atom. The lowest BCUT2D eigenvalue weighted by molar-refractivity contribution is 0.624. The molecule has 0 saturated carbocycles. The van der Waals surface area contributed by atoms with Crippen LogP contribution in [0.5, 0.6) is 0 Å². The predicted octanol–water partition coefficient (Wildman–Crippen LogP) is 2.70. The van der Waals surface area contributed by atoms with Crippen LogP contribution in [0, 0.1) is 0 Å². The zero-order valence-electron chi connectivity index (χ0n) is 7.77. The molecule has 0 bridgehead atoms. The Morgan fingerprint density at radius 2 is 1.27 bits per heavy atom. The highest BCUT2D eigenvalue weighted by molar-refractivity contribution is 6.08. The van der Waals surface area contributed by atoms with Crippen molar-refractivity contribution >= 4 is 16.3 Å². The maximum atomic E-state index is 2.27. The molecule has 0 aliphatic heterocycles. The van der Waals surface area contributed by atoms with Gasteiger partial charge >= 0.3 is 0 Å². The monoisotopic (exact) mass is 182 g/mol. The van der Waals surface area contributed by atoms with E-state index in [4.69, 9.17) is 0 Å². The summed E-state index contributed by atoms with van der Waals surface area (Å²) in [5, 5.41) is 1.51. The van der Waals surface area contributed by atoms with Crippen molar-refractivity contribution in [3.05, 3.63) is 0 Å². The van der Waals surface area contributed by atoms with Crippen LogP contribution in [0.3, 0.4) is 0 Å². The number of unbranched alkanes of at least 4 members (excludes halogenated alkanes) is 5. The lowest BCUT2D eigenvalue weighted by atomic mass is 10.1. The SMILES string of the molecule is CCCCCCC[CH2][AlH2].F.F. The van der Waals surface area contributed by atoms with Gasteiger partial charge in [-0.2, -0.15) is 0 Å². The normalized spacial score (nSPS) is 8.09. The van der Waals surface area contributed by atoms with Crippen LogP contribution in [0.4, 0.5) is 9.41 Å². The highest BCUT2D eigenvalue weighted by Crippen LogP contribution is 2.05. The first kappa shape index (κ1) is 17.5. The molecule has 0 fully saturated rings. The van der Waals surface area contributed by atoms with E-state index in [9.17, 15) is 0 Å². The molecule has 11 heavy (non-hydrogen) atoms. The second kappa shape index (κ2) is 16.8. The molecule has 0 aromatic heterocycles. The third-order valence-electron chi connectivity index (χ3n) is 1.71. The number of rotatable bonds is 6. The second-order valence-corrected chi connectivity index (χ2v) is 3.77. The van der Waals surface area contributed by atoms with E-state index in [0.717, 1.165) is 0 Å². The second-order valence-electron chi connectivity index (χ2n) is 2.77. The summed E-state index contributed by atoms with van der Waals surface area (Å²) >= 11 is 1.41. The van der Waals surface area contributed by atoms with Gasteiger partial charge in [-0.15, -0.1) is 5.28 Å². The first-order valence-electron chi connectivity index (χ1n) is 4.41. The van der Waals surface area contributed by atoms with Crippen LogP contribution in [0.1, 0.15) is 45.4 Å². The summed E-state index contributed by atoms with van der Waals surface area (Å²) in [6.45, 7) is 2.27. The summed E-state index contributed by atoms with van der Waals surface area (Å²) in [4.78, 5) is 0. The largest absolute Gasteiger partial charge is 0.269 e. The maximum absolute atomic E-state index is 2.27. The molecule has 0 aliphatic carbocycles. The van der Waals surface area contributed by atoms with Gasteiger partial charge in [-0.05, 0) is 0 Å². The van der Waals surface area contributed by atoms with E-state index in [2.05, 4.69) is 6.92 Å². The third-order valence-corrected chi connectivity index (χ3v) is 2.41. The van der Waals surface area contributed by atoms with Crippen molar-refractivity contribution in [3.63, 3.8) is 0 Å². The van der Waals surface area contributed by atoms with Crippen LogP contribution in [-0.4, -0.2) is 16.3 Å². The topological polar surface area (TPSA) is 0 Å². The van der Waals surface area contributed by atoms with Gasteiger partial charge in [0.15, 0.2) is 0 Å². The Labute approximate surface area is 76.9 Å². The fraction of sp³-hybridized carbons (Fsp3) is 1.00. The summed E-state index contributed by atoms with van der Waals surface area (Å²) in [6.07, 6.45) is 8.76. The lowest BCUT2D eigenvalue weighted by Gasteiger charge is -1.96. The van der Waals surface area contributed by atoms with Crippen LogP contribution in [0.25, 0.3) is 0 Å². The van der Waals surface area contributed by atoms with Crippen LogP contribution < -0.4 is 0 Å². The summed E-state index contributed by atoms with van der Waals surface area (Å²) in [5.74, 6) is 0. The zero-order valence-corrected chi connectivity index (χ0v) is 9.77. The van der Waals surface area contributed by atoms with E-state index < -0.39 is 0 Å². The molecule has 0 saturated heterocycles. The van der Waals surface area contributed by atoms with Gasteiger partial charge in [-0.1, -0.05) is 45.4 Å². The Morgan fingerprint density at radius 1 is 0.818 bits per heavy atom. The van der Waals surface area contributed by atoms with Crippen molar-refractivity contribution in [1.82, 2.24) is 0 Å². The Bertz CT molecular complexity index is 45.4. The smallest absolute Gasteiger partial charge is 0.211 e. The minimum Gasteiger partial charge on any atom is -0.269 e. The fourth-order valence-electron chi connectivity index (χ4n) is 1.03. The van der Waals surface area contributed by atoms with Gasteiger partial charge in [0.05, 0.1) is 0 Å². The van der Waals surface area contributed by atoms with Crippen LogP contribution in [0.15, 0.2) is 0 Å². The van der Waals surface area contributed by atoms with Crippen LogP contribution >= 0.6 is 0 Å². The van der Waals surface area contributed by atoms with E-state index in [1.807, 2.05) is 0 Å². The van der Waals surface area contributed by atoms with Crippen molar-refractivity contribution in [2.45, 2.75) is 50.7 Å². The molecule has 0 spiro atoms. The summed E-state index contributed by atoms with van der Waals surface area (Å²) in [7, 11) is 0. The van der Waals surface area contributed by atoms with Crippen molar-refractivity contribution in [1.29, 1.82) is 0 Å². The van der Waals surface area contributed by atoms with Crippen LogP contribution in [0.2, 0.25) is 5.28 Å². The van der Waals surface area contributed by atoms with Gasteiger partial charge in [0, 0.05) is 0 Å². The molecular formula is C8H21AlF2. The van der Waals surface area contributed by atoms with Gasteiger partial charge in [0.1, 0.15) is 0 Å². The highest BCUT2D eigenvalue weighted by atomic mass is 27.0. The summed E-state index contributed by atoms with van der Waals surface area (Å²) < 4.78 is 0. The van der Waals surface area contributed by atoms with Crippen molar-refractivity contribution in [2.75, 3.05) is 0 Å². The number of halogens is 2. The predicted molar refractivity (Wildman–Crippen MR) is 51.7 cm³/mol. The third kappa shape index (κ3) is 17.9. The van der Waals surface area contributed by atoms with Gasteiger partial charge < -0.3 is 0 Å². The fourth-order valence-corrected chi connectivity index (χ4v) is 1.53. The van der Waals surface area contributed by atoms with E-state index in [1.54, 1.807) is 0 Å². The quantitative estimate of drug-likeness (QED) is 0.437. The highest BCUT2D eigenvalue weighted by Gasteiger charge is 1.85. The lowest BCUT2D eigenvalue weighted by Crippen LogP contribution is -1.77. The standard InChI is InChI=1S/C8H17.Al.2FH.2H/c1-3-5-7-8-6-4-2;;;;;/h1,3-8H2,2H3;;2*1H;;. The van der Waals surface area contributed by atoms with E-state index >= 15 is 0 Å². The molecular weight excluding hydrogens is 161 g/mol. The maximum Gasteiger partial charge on any atom is 0.211 e. The molecule has 0 amide bonds. The molecule has 0 radical (unpaired) electrons. The van der Waals surface area contributed by atoms with Gasteiger partial charge in [0.2, 0.25) is 16.3 Å². The average molecular weight is 182 g/mol. The molecule has 0 unspecified atom stereocenters. The molecule has 0 N–H and O–H groups in total. The summed E-state index contributed by atoms with van der Waals surface area (Å²) in [6, 6.07) is 0. The van der Waals surface area contributed by atoms with Crippen molar-refractivity contribution in [3.8, 4) is 0 Å². The zero-order chi connectivity index (χ0) is 6.95. The molecule has 0 aromatic rings. The first-order valence-corrected chi connectivity index (χ1v) is 5.83. The van der Waals surface area contributed by atoms with Gasteiger partial charge in [-0.25, -0.2) is 0 Å². The molecule has 0 aliphatic rings. The average Bonchev–Trinajstić information content (AvgIpc) is 1.89. The van der Waals surface area contributed by atoms with E-state index in [0.29, 0.717) is 0 Å². The van der Waals surface area contributed by atoms with E-state index in [1.165, 1.54) is 60.1 Å². The number of hydrogen-bond acceptors (Lipinski definition) is 0. The Hall–Kier alpha value is 0.392. The molecule has 0 heterocycles. The van der Waals surface area contributed by atoms with Crippen molar-refractivity contribution in [2.24, 2.45) is 0 Å². The minimum absolute atomic E-state index is 0. The minimum atomic E-state index is 0. The molecule has 0 nitrogen and oxygen atoms in total. The number of hydrogen-bond donors (Lipinski definition) is 0. The Kier molecular flexibility index (Phi) is 26.6. The molecule has 0 rings (SSSR count). The van der Waals surface area contributed by atoms with E-state index in [-0.39, 0.29) is 9.41 Å². The summed E-state index contributed by atoms with van der Waals surface area (Å²) in [5.41, 5.74) is 0. The van der Waals surface area contributed by atoms with Gasteiger partial charge in [0.25, 0.3) is 0 Å². The molecule has 0 atom stereocenters. The molecule has 0 aromatic carbocycles.